The second kappa shape index (κ2) is 5.79. The molecule has 1 amide bonds. The number of hydrogen-bond donors (Lipinski definition) is 2. The van der Waals surface area contributed by atoms with E-state index in [9.17, 15) is 22.4 Å². The quantitative estimate of drug-likeness (QED) is 0.504. The zero-order chi connectivity index (χ0) is 11.2. The summed E-state index contributed by atoms with van der Waals surface area (Å²) in [4.78, 5) is 10.5. The first-order valence-electron chi connectivity index (χ1n) is 4.07. The number of likely N-dealkylation sites (N-methyl/N-ethyl adjacent to an activating group) is 1. The molecule has 14 heavy (non-hydrogen) atoms. The van der Waals surface area contributed by atoms with Gasteiger partial charge in [-0.15, -0.1) is 0 Å². The van der Waals surface area contributed by atoms with Gasteiger partial charge >= 0.3 is 12.3 Å². The van der Waals surface area contributed by atoms with E-state index in [1.807, 2.05) is 0 Å². The Morgan fingerprint density at radius 1 is 1.36 bits per heavy atom. The lowest BCUT2D eigenvalue weighted by molar-refractivity contribution is -0.169. The molecule has 0 rings (SSSR count). The van der Waals surface area contributed by atoms with Gasteiger partial charge in [0.15, 0.2) is 0 Å². The number of rotatable bonds is 6. The molecule has 0 aliphatic heterocycles. The van der Waals surface area contributed by atoms with Crippen LogP contribution in [0, 0.1) is 0 Å². The summed E-state index contributed by atoms with van der Waals surface area (Å²) in [5.41, 5.74) is 0. The van der Waals surface area contributed by atoms with Gasteiger partial charge in [0.1, 0.15) is 0 Å². The average molecular weight is 216 g/mol. The second-order valence-corrected chi connectivity index (χ2v) is 2.53. The van der Waals surface area contributed by atoms with Crippen LogP contribution >= 0.6 is 0 Å². The third-order valence-corrected chi connectivity index (χ3v) is 1.41. The number of carbonyl (C=O) groups is 1. The first kappa shape index (κ1) is 13.2. The summed E-state index contributed by atoms with van der Waals surface area (Å²) < 4.78 is 47.8. The molecule has 0 aliphatic carbocycles. The van der Waals surface area contributed by atoms with Gasteiger partial charge in [0, 0.05) is 13.1 Å². The maximum absolute atomic E-state index is 12.3. The summed E-state index contributed by atoms with van der Waals surface area (Å²) in [5, 5.41) is 4.44. The van der Waals surface area contributed by atoms with Crippen LogP contribution in [0.15, 0.2) is 0 Å². The molecule has 0 radical (unpaired) electrons. The van der Waals surface area contributed by atoms with Crippen LogP contribution in [-0.2, 0) is 4.79 Å². The highest BCUT2D eigenvalue weighted by Gasteiger charge is 2.48. The van der Waals surface area contributed by atoms with Crippen molar-refractivity contribution in [2.75, 3.05) is 19.6 Å². The largest absolute Gasteiger partial charge is 0.383 e. The van der Waals surface area contributed by atoms with E-state index in [-0.39, 0.29) is 13.1 Å². The summed E-state index contributed by atoms with van der Waals surface area (Å²) in [6, 6.07) is 0. The lowest BCUT2D eigenvalue weighted by Crippen LogP contribution is -2.46. The molecule has 2 N–H and O–H groups in total. The monoisotopic (exact) mass is 216 g/mol. The molecule has 0 aromatic heterocycles. The fourth-order valence-electron chi connectivity index (χ4n) is 0.658. The van der Waals surface area contributed by atoms with Gasteiger partial charge in [0.2, 0.25) is 0 Å². The van der Waals surface area contributed by atoms with Crippen LogP contribution in [0.25, 0.3) is 0 Å². The van der Waals surface area contributed by atoms with E-state index in [2.05, 4.69) is 5.32 Å². The van der Waals surface area contributed by atoms with Crippen molar-refractivity contribution in [3.63, 3.8) is 0 Å². The van der Waals surface area contributed by atoms with Crippen molar-refractivity contribution in [2.45, 2.75) is 19.3 Å². The first-order valence-corrected chi connectivity index (χ1v) is 4.07. The maximum atomic E-state index is 12.3. The highest BCUT2D eigenvalue weighted by atomic mass is 19.3. The normalized spacial score (nSPS) is 11.9. The van der Waals surface area contributed by atoms with Crippen LogP contribution in [0.2, 0.25) is 0 Å². The van der Waals surface area contributed by atoms with Crippen molar-refractivity contribution in [1.82, 2.24) is 10.6 Å². The minimum Gasteiger partial charge on any atom is -0.349 e. The maximum Gasteiger partial charge on any atom is 0.383 e. The van der Waals surface area contributed by atoms with Gasteiger partial charge in [-0.3, -0.25) is 4.79 Å². The van der Waals surface area contributed by atoms with Crippen molar-refractivity contribution >= 4 is 5.91 Å². The Hall–Kier alpha value is -0.850. The van der Waals surface area contributed by atoms with Crippen LogP contribution in [0.5, 0.6) is 0 Å². The van der Waals surface area contributed by atoms with Crippen molar-refractivity contribution in [3.8, 4) is 0 Å². The predicted molar refractivity (Wildman–Crippen MR) is 42.5 cm³/mol. The fourth-order valence-corrected chi connectivity index (χ4v) is 0.658. The summed E-state index contributed by atoms with van der Waals surface area (Å²) in [6.45, 7) is 2.56. The second-order valence-electron chi connectivity index (χ2n) is 2.53. The molecular formula is C7H12F4N2O. The molecule has 0 saturated carbocycles. The smallest absolute Gasteiger partial charge is 0.349 e. The molecule has 0 heterocycles. The van der Waals surface area contributed by atoms with Gasteiger partial charge in [-0.2, -0.15) is 8.78 Å². The molecule has 0 saturated heterocycles. The predicted octanol–water partition coefficient (Wildman–Crippen LogP) is 0.612. The molecular weight excluding hydrogens is 204 g/mol. The number of hydrogen-bond acceptors (Lipinski definition) is 2. The van der Waals surface area contributed by atoms with Crippen LogP contribution in [0.4, 0.5) is 17.6 Å². The molecule has 3 nitrogen and oxygen atoms in total. The van der Waals surface area contributed by atoms with Crippen LogP contribution in [-0.4, -0.2) is 37.9 Å². The standard InChI is InChI=1S/C7H12F4N2O/c1-2-12-3-4-13-6(14)7(10,11)5(8)9/h5,12H,2-4H2,1H3,(H,13,14). The van der Waals surface area contributed by atoms with Crippen LogP contribution < -0.4 is 10.6 Å². The average Bonchev–Trinajstić information content (AvgIpc) is 2.11. The molecule has 0 aliphatic rings. The molecule has 0 atom stereocenters. The first-order chi connectivity index (χ1) is 6.42. The van der Waals surface area contributed by atoms with Crippen LogP contribution in [0.3, 0.4) is 0 Å². The molecule has 84 valence electrons. The third-order valence-electron chi connectivity index (χ3n) is 1.41. The zero-order valence-electron chi connectivity index (χ0n) is 7.62. The molecule has 0 spiro atoms. The fraction of sp³-hybridized carbons (Fsp3) is 0.857. The summed E-state index contributed by atoms with van der Waals surface area (Å²) in [5.74, 6) is -6.54. The Morgan fingerprint density at radius 2 is 1.93 bits per heavy atom. The highest BCUT2D eigenvalue weighted by molar-refractivity contribution is 5.83. The number of amides is 1. The molecule has 0 aromatic carbocycles. The number of halogens is 4. The van der Waals surface area contributed by atoms with Crippen molar-refractivity contribution in [1.29, 1.82) is 0 Å². The van der Waals surface area contributed by atoms with E-state index in [1.165, 1.54) is 0 Å². The van der Waals surface area contributed by atoms with Crippen LogP contribution in [0.1, 0.15) is 6.92 Å². The van der Waals surface area contributed by atoms with E-state index < -0.39 is 18.3 Å². The number of alkyl halides is 4. The van der Waals surface area contributed by atoms with E-state index in [4.69, 9.17) is 0 Å². The van der Waals surface area contributed by atoms with Gasteiger partial charge in [-0.25, -0.2) is 8.78 Å². The molecule has 7 heteroatoms. The van der Waals surface area contributed by atoms with Crippen molar-refractivity contribution < 1.29 is 22.4 Å². The van der Waals surface area contributed by atoms with Crippen molar-refractivity contribution in [3.05, 3.63) is 0 Å². The Kier molecular flexibility index (Phi) is 5.44. The third kappa shape index (κ3) is 3.91. The zero-order valence-corrected chi connectivity index (χ0v) is 7.62. The Balaban J connectivity index is 3.84. The minimum atomic E-state index is -4.60. The van der Waals surface area contributed by atoms with Gasteiger partial charge in [-0.1, -0.05) is 6.92 Å². The molecule has 0 aromatic rings. The minimum absolute atomic E-state index is 0.102. The SMILES string of the molecule is CCNCCNC(=O)C(F)(F)C(F)F. The van der Waals surface area contributed by atoms with E-state index >= 15 is 0 Å². The van der Waals surface area contributed by atoms with Crippen molar-refractivity contribution in [2.24, 2.45) is 0 Å². The topological polar surface area (TPSA) is 41.1 Å². The number of carbonyl (C=O) groups excluding carboxylic acids is 1. The van der Waals surface area contributed by atoms with E-state index in [0.29, 0.717) is 6.54 Å². The van der Waals surface area contributed by atoms with E-state index in [0.717, 1.165) is 0 Å². The van der Waals surface area contributed by atoms with Gasteiger partial charge in [-0.05, 0) is 6.54 Å². The molecule has 0 bridgehead atoms. The van der Waals surface area contributed by atoms with Gasteiger partial charge in [0.05, 0.1) is 0 Å². The van der Waals surface area contributed by atoms with Gasteiger partial charge in [0.25, 0.3) is 5.91 Å². The lowest BCUT2D eigenvalue weighted by Gasteiger charge is -2.14. The summed E-state index contributed by atoms with van der Waals surface area (Å²) in [6.07, 6.45) is -3.97. The number of nitrogens with one attached hydrogen (secondary N) is 2. The summed E-state index contributed by atoms with van der Waals surface area (Å²) >= 11 is 0. The molecule has 0 fully saturated rings. The van der Waals surface area contributed by atoms with E-state index in [1.54, 1.807) is 12.2 Å². The molecule has 0 unspecified atom stereocenters. The Bertz CT molecular complexity index is 187. The Morgan fingerprint density at radius 3 is 2.36 bits per heavy atom. The lowest BCUT2D eigenvalue weighted by atomic mass is 10.3. The van der Waals surface area contributed by atoms with Gasteiger partial charge < -0.3 is 10.6 Å². The Labute approximate surface area is 78.9 Å². The summed E-state index contributed by atoms with van der Waals surface area (Å²) in [7, 11) is 0. The highest BCUT2D eigenvalue weighted by Crippen LogP contribution is 2.22.